The summed E-state index contributed by atoms with van der Waals surface area (Å²) in [6.07, 6.45) is 0. The molecule has 28 heavy (non-hydrogen) atoms. The van der Waals surface area contributed by atoms with Crippen LogP contribution in [-0.2, 0) is 6.61 Å². The summed E-state index contributed by atoms with van der Waals surface area (Å²) in [6.45, 7) is 2.28. The fourth-order valence-corrected chi connectivity index (χ4v) is 2.75. The lowest BCUT2D eigenvalue weighted by molar-refractivity contribution is 0.0955. The summed E-state index contributed by atoms with van der Waals surface area (Å²) < 4.78 is 5.77. The first-order valence-corrected chi connectivity index (χ1v) is 9.35. The van der Waals surface area contributed by atoms with Crippen molar-refractivity contribution in [2.75, 3.05) is 0 Å². The predicted octanol–water partition coefficient (Wildman–Crippen LogP) is 5.73. The maximum Gasteiger partial charge on any atom is 0.271 e. The second-order valence-electron chi connectivity index (χ2n) is 6.09. The number of hydrogen-bond acceptors (Lipinski definition) is 3. The summed E-state index contributed by atoms with van der Waals surface area (Å²) in [5.41, 5.74) is 5.59. The number of rotatable bonds is 6. The molecule has 4 nitrogen and oxygen atoms in total. The molecule has 0 unspecified atom stereocenters. The van der Waals surface area contributed by atoms with Crippen molar-refractivity contribution in [3.05, 3.63) is 99.5 Å². The Bertz CT molecular complexity index is 984. The summed E-state index contributed by atoms with van der Waals surface area (Å²) in [6, 6.07) is 21.7. The van der Waals surface area contributed by atoms with Crippen molar-refractivity contribution in [2.24, 2.45) is 5.10 Å². The standard InChI is InChI=1S/C22H18Cl2N2O2/c1-15(25-26-22(27)18-3-2-4-20(24)13-18)17-7-11-21(12-8-17)28-14-16-5-9-19(23)10-6-16/h2-13H,14H2,1H3,(H,26,27). The molecule has 0 saturated heterocycles. The van der Waals surface area contributed by atoms with Gasteiger partial charge in [0.25, 0.3) is 5.91 Å². The normalized spacial score (nSPS) is 11.2. The largest absolute Gasteiger partial charge is 0.489 e. The Hall–Kier alpha value is -2.82. The highest BCUT2D eigenvalue weighted by molar-refractivity contribution is 6.31. The molecule has 0 aliphatic carbocycles. The molecular formula is C22H18Cl2N2O2. The molecule has 3 rings (SSSR count). The molecule has 6 heteroatoms. The number of halogens is 2. The summed E-state index contributed by atoms with van der Waals surface area (Å²) >= 11 is 11.8. The second-order valence-corrected chi connectivity index (χ2v) is 6.96. The fourth-order valence-electron chi connectivity index (χ4n) is 2.43. The quantitative estimate of drug-likeness (QED) is 0.415. The van der Waals surface area contributed by atoms with Crippen LogP contribution in [0.5, 0.6) is 5.75 Å². The number of carbonyl (C=O) groups excluding carboxylic acids is 1. The van der Waals surface area contributed by atoms with Gasteiger partial charge >= 0.3 is 0 Å². The first-order valence-electron chi connectivity index (χ1n) is 8.59. The third kappa shape index (κ3) is 5.59. The van der Waals surface area contributed by atoms with Gasteiger partial charge in [-0.2, -0.15) is 5.10 Å². The number of ether oxygens (including phenoxy) is 1. The lowest BCUT2D eigenvalue weighted by Crippen LogP contribution is -2.19. The third-order valence-electron chi connectivity index (χ3n) is 4.00. The Balaban J connectivity index is 1.58. The van der Waals surface area contributed by atoms with Gasteiger partial charge in [0, 0.05) is 15.6 Å². The van der Waals surface area contributed by atoms with Crippen molar-refractivity contribution in [2.45, 2.75) is 13.5 Å². The molecule has 1 N–H and O–H groups in total. The second kappa shape index (κ2) is 9.40. The number of carbonyl (C=O) groups is 1. The Kier molecular flexibility index (Phi) is 6.69. The van der Waals surface area contributed by atoms with E-state index in [4.69, 9.17) is 27.9 Å². The van der Waals surface area contributed by atoms with Gasteiger partial charge in [-0.15, -0.1) is 0 Å². The van der Waals surface area contributed by atoms with Crippen LogP contribution in [0, 0.1) is 0 Å². The van der Waals surface area contributed by atoms with E-state index in [9.17, 15) is 4.79 Å². The topological polar surface area (TPSA) is 50.7 Å². The zero-order valence-corrected chi connectivity index (χ0v) is 16.7. The lowest BCUT2D eigenvalue weighted by Gasteiger charge is -2.08. The van der Waals surface area contributed by atoms with Crippen molar-refractivity contribution >= 4 is 34.8 Å². The van der Waals surface area contributed by atoms with Gasteiger partial charge in [0.15, 0.2) is 0 Å². The maximum atomic E-state index is 12.1. The van der Waals surface area contributed by atoms with E-state index >= 15 is 0 Å². The molecule has 0 radical (unpaired) electrons. The van der Waals surface area contributed by atoms with Gasteiger partial charge < -0.3 is 4.74 Å². The Morgan fingerprint density at radius 3 is 2.32 bits per heavy atom. The van der Waals surface area contributed by atoms with Crippen LogP contribution in [0.1, 0.15) is 28.4 Å². The zero-order chi connectivity index (χ0) is 19.9. The van der Waals surface area contributed by atoms with Gasteiger partial charge in [0.05, 0.1) is 5.71 Å². The third-order valence-corrected chi connectivity index (χ3v) is 4.49. The van der Waals surface area contributed by atoms with Crippen LogP contribution in [0.2, 0.25) is 10.0 Å². The Labute approximate surface area is 173 Å². The lowest BCUT2D eigenvalue weighted by atomic mass is 10.1. The van der Waals surface area contributed by atoms with E-state index in [0.717, 1.165) is 16.9 Å². The van der Waals surface area contributed by atoms with Crippen LogP contribution in [0.3, 0.4) is 0 Å². The molecule has 3 aromatic rings. The highest BCUT2D eigenvalue weighted by Gasteiger charge is 2.06. The molecule has 0 fully saturated rings. The highest BCUT2D eigenvalue weighted by atomic mass is 35.5. The average molecular weight is 413 g/mol. The maximum absolute atomic E-state index is 12.1. The molecule has 1 amide bonds. The number of nitrogens with one attached hydrogen (secondary N) is 1. The minimum Gasteiger partial charge on any atom is -0.489 e. The Morgan fingerprint density at radius 1 is 0.929 bits per heavy atom. The fraction of sp³-hybridized carbons (Fsp3) is 0.0909. The van der Waals surface area contributed by atoms with Crippen LogP contribution in [0.15, 0.2) is 77.9 Å². The van der Waals surface area contributed by atoms with Gasteiger partial charge in [0.2, 0.25) is 0 Å². The zero-order valence-electron chi connectivity index (χ0n) is 15.2. The van der Waals surface area contributed by atoms with E-state index in [2.05, 4.69) is 10.5 Å². The van der Waals surface area contributed by atoms with Crippen LogP contribution in [0.25, 0.3) is 0 Å². The number of hydrogen-bond donors (Lipinski definition) is 1. The predicted molar refractivity (Wildman–Crippen MR) is 113 cm³/mol. The molecule has 0 aliphatic rings. The van der Waals surface area contributed by atoms with E-state index in [1.807, 2.05) is 55.5 Å². The van der Waals surface area contributed by atoms with Crippen molar-refractivity contribution in [1.82, 2.24) is 5.43 Å². The van der Waals surface area contributed by atoms with Gasteiger partial charge in [0.1, 0.15) is 12.4 Å². The van der Waals surface area contributed by atoms with Crippen LogP contribution in [-0.4, -0.2) is 11.6 Å². The minimum atomic E-state index is -0.315. The number of hydrazone groups is 1. The monoisotopic (exact) mass is 412 g/mol. The van der Waals surface area contributed by atoms with Gasteiger partial charge in [-0.3, -0.25) is 4.79 Å². The number of amides is 1. The van der Waals surface area contributed by atoms with E-state index in [1.165, 1.54) is 0 Å². The molecule has 0 spiro atoms. The van der Waals surface area contributed by atoms with Gasteiger partial charge in [-0.05, 0) is 72.6 Å². The van der Waals surface area contributed by atoms with E-state index in [0.29, 0.717) is 27.9 Å². The van der Waals surface area contributed by atoms with E-state index in [1.54, 1.807) is 24.3 Å². The molecular weight excluding hydrogens is 395 g/mol. The van der Waals surface area contributed by atoms with Crippen molar-refractivity contribution in [3.8, 4) is 5.75 Å². The smallest absolute Gasteiger partial charge is 0.271 e. The summed E-state index contributed by atoms with van der Waals surface area (Å²) in [7, 11) is 0. The first-order chi connectivity index (χ1) is 13.5. The van der Waals surface area contributed by atoms with Crippen LogP contribution >= 0.6 is 23.2 Å². The number of nitrogens with zero attached hydrogens (tertiary/aromatic N) is 1. The van der Waals surface area contributed by atoms with Gasteiger partial charge in [-0.25, -0.2) is 5.43 Å². The highest BCUT2D eigenvalue weighted by Crippen LogP contribution is 2.16. The first kappa shape index (κ1) is 19.9. The summed E-state index contributed by atoms with van der Waals surface area (Å²) in [5.74, 6) is 0.430. The average Bonchev–Trinajstić information content (AvgIpc) is 2.71. The molecule has 0 bridgehead atoms. The molecule has 0 atom stereocenters. The van der Waals surface area contributed by atoms with Crippen molar-refractivity contribution in [1.29, 1.82) is 0 Å². The number of benzene rings is 3. The molecule has 0 heterocycles. The van der Waals surface area contributed by atoms with E-state index < -0.39 is 0 Å². The Morgan fingerprint density at radius 2 is 1.64 bits per heavy atom. The van der Waals surface area contributed by atoms with Crippen molar-refractivity contribution < 1.29 is 9.53 Å². The van der Waals surface area contributed by atoms with Gasteiger partial charge in [-0.1, -0.05) is 41.4 Å². The SMILES string of the molecule is CC(=NNC(=O)c1cccc(Cl)c1)c1ccc(OCc2ccc(Cl)cc2)cc1. The summed E-state index contributed by atoms with van der Waals surface area (Å²) in [5, 5.41) is 5.35. The molecule has 142 valence electrons. The molecule has 0 aromatic heterocycles. The van der Waals surface area contributed by atoms with E-state index in [-0.39, 0.29) is 5.91 Å². The molecule has 0 aliphatic heterocycles. The van der Waals surface area contributed by atoms with Crippen molar-refractivity contribution in [3.63, 3.8) is 0 Å². The summed E-state index contributed by atoms with van der Waals surface area (Å²) in [4.78, 5) is 12.1. The minimum absolute atomic E-state index is 0.315. The molecule has 3 aromatic carbocycles. The molecule has 0 saturated carbocycles. The van der Waals surface area contributed by atoms with Crippen LogP contribution in [0.4, 0.5) is 0 Å². The van der Waals surface area contributed by atoms with Crippen LogP contribution < -0.4 is 10.2 Å².